The highest BCUT2D eigenvalue weighted by molar-refractivity contribution is 9.10. The molecule has 6 nitrogen and oxygen atoms in total. The Bertz CT molecular complexity index is 688. The van der Waals surface area contributed by atoms with Gasteiger partial charge in [0.25, 0.3) is 5.56 Å². The number of aromatic amines is 1. The maximum atomic E-state index is 11.5. The molecular formula is C15H18BrN3O3. The van der Waals surface area contributed by atoms with Crippen molar-refractivity contribution in [2.24, 2.45) is 0 Å². The molecule has 1 aromatic carbocycles. The number of nitrogens with zero attached hydrogens (tertiary/aromatic N) is 1. The zero-order valence-corrected chi connectivity index (χ0v) is 14.1. The molecule has 1 heterocycles. The molecule has 0 saturated carbocycles. The van der Waals surface area contributed by atoms with E-state index in [2.05, 4.69) is 38.4 Å². The second kappa shape index (κ2) is 7.84. The molecule has 2 rings (SSSR count). The quantitative estimate of drug-likeness (QED) is 0.786. The molecule has 0 aliphatic rings. The lowest BCUT2D eigenvalue weighted by Crippen LogP contribution is -2.12. The van der Waals surface area contributed by atoms with Gasteiger partial charge in [-0.3, -0.25) is 4.79 Å². The van der Waals surface area contributed by atoms with Crippen LogP contribution in [0.3, 0.4) is 0 Å². The van der Waals surface area contributed by atoms with E-state index in [1.807, 2.05) is 18.2 Å². The molecule has 2 aromatic rings. The predicted octanol–water partition coefficient (Wildman–Crippen LogP) is 2.94. The molecule has 0 aliphatic heterocycles. The first-order chi connectivity index (χ1) is 10.7. The van der Waals surface area contributed by atoms with Crippen LogP contribution in [0.25, 0.3) is 0 Å². The van der Waals surface area contributed by atoms with Crippen molar-refractivity contribution in [1.82, 2.24) is 10.2 Å². The van der Waals surface area contributed by atoms with Crippen LogP contribution in [0, 0.1) is 0 Å². The molecule has 0 spiro atoms. The van der Waals surface area contributed by atoms with Crippen LogP contribution in [-0.4, -0.2) is 23.9 Å². The average Bonchev–Trinajstić information content (AvgIpc) is 2.54. The zero-order chi connectivity index (χ0) is 15.9. The van der Waals surface area contributed by atoms with E-state index in [-0.39, 0.29) is 5.56 Å². The molecule has 0 bridgehead atoms. The standard InChI is InChI=1S/C15H18BrN3O3/c1-3-6-22-13-7-10(4-5-12(13)21-2)8-17-11-9-18-19-15(20)14(11)16/h4-5,7,9H,3,6,8H2,1-2H3,(H2,17,19,20). The number of ether oxygens (including phenoxy) is 2. The average molecular weight is 368 g/mol. The lowest BCUT2D eigenvalue weighted by molar-refractivity contribution is 0.294. The van der Waals surface area contributed by atoms with Crippen LogP contribution < -0.4 is 20.3 Å². The van der Waals surface area contributed by atoms with Crippen LogP contribution in [0.4, 0.5) is 5.69 Å². The van der Waals surface area contributed by atoms with Gasteiger partial charge in [0.2, 0.25) is 0 Å². The highest BCUT2D eigenvalue weighted by Crippen LogP contribution is 2.28. The SMILES string of the molecule is CCCOc1cc(CNc2cn[nH]c(=O)c2Br)ccc1OC. The minimum absolute atomic E-state index is 0.272. The van der Waals surface area contributed by atoms with Crippen molar-refractivity contribution in [2.45, 2.75) is 19.9 Å². The third-order valence-corrected chi connectivity index (χ3v) is 3.76. The van der Waals surface area contributed by atoms with Crippen LogP contribution in [0.15, 0.2) is 33.7 Å². The van der Waals surface area contributed by atoms with Gasteiger partial charge < -0.3 is 14.8 Å². The maximum absolute atomic E-state index is 11.5. The van der Waals surface area contributed by atoms with Gasteiger partial charge in [0.1, 0.15) is 4.47 Å². The number of hydrogen-bond acceptors (Lipinski definition) is 5. The van der Waals surface area contributed by atoms with Crippen molar-refractivity contribution in [3.8, 4) is 11.5 Å². The number of anilines is 1. The Morgan fingerprint density at radius 1 is 1.36 bits per heavy atom. The Balaban J connectivity index is 2.12. The molecule has 0 aliphatic carbocycles. The number of halogens is 1. The number of rotatable bonds is 7. The monoisotopic (exact) mass is 367 g/mol. The molecule has 2 N–H and O–H groups in total. The topological polar surface area (TPSA) is 76.2 Å². The summed E-state index contributed by atoms with van der Waals surface area (Å²) < 4.78 is 11.4. The molecule has 7 heteroatoms. The van der Waals surface area contributed by atoms with E-state index in [0.29, 0.717) is 34.8 Å². The summed E-state index contributed by atoms with van der Waals surface area (Å²) in [6.45, 7) is 3.22. The fourth-order valence-electron chi connectivity index (χ4n) is 1.86. The number of nitrogens with one attached hydrogen (secondary N) is 2. The normalized spacial score (nSPS) is 10.3. The van der Waals surface area contributed by atoms with Gasteiger partial charge >= 0.3 is 0 Å². The van der Waals surface area contributed by atoms with E-state index in [4.69, 9.17) is 9.47 Å². The third kappa shape index (κ3) is 4.00. The maximum Gasteiger partial charge on any atom is 0.280 e. The zero-order valence-electron chi connectivity index (χ0n) is 12.5. The molecule has 0 saturated heterocycles. The molecule has 1 aromatic heterocycles. The minimum atomic E-state index is -0.272. The van der Waals surface area contributed by atoms with Gasteiger partial charge in [-0.1, -0.05) is 13.0 Å². The summed E-state index contributed by atoms with van der Waals surface area (Å²) in [5, 5.41) is 9.29. The smallest absolute Gasteiger partial charge is 0.280 e. The summed E-state index contributed by atoms with van der Waals surface area (Å²) in [4.78, 5) is 11.5. The van der Waals surface area contributed by atoms with Crippen molar-refractivity contribution < 1.29 is 9.47 Å². The fourth-order valence-corrected chi connectivity index (χ4v) is 2.19. The van der Waals surface area contributed by atoms with E-state index in [1.54, 1.807) is 13.3 Å². The van der Waals surface area contributed by atoms with Crippen molar-refractivity contribution in [3.63, 3.8) is 0 Å². The highest BCUT2D eigenvalue weighted by Gasteiger charge is 2.07. The summed E-state index contributed by atoms with van der Waals surface area (Å²) in [6.07, 6.45) is 2.49. The molecule has 0 amide bonds. The van der Waals surface area contributed by atoms with Gasteiger partial charge in [-0.15, -0.1) is 0 Å². The lowest BCUT2D eigenvalue weighted by atomic mass is 10.2. The molecule has 22 heavy (non-hydrogen) atoms. The van der Waals surface area contributed by atoms with Gasteiger partial charge in [0.15, 0.2) is 11.5 Å². The van der Waals surface area contributed by atoms with Crippen LogP contribution in [0.5, 0.6) is 11.5 Å². The Hall–Kier alpha value is -2.02. The van der Waals surface area contributed by atoms with Crippen LogP contribution in [-0.2, 0) is 6.54 Å². The largest absolute Gasteiger partial charge is 0.493 e. The summed E-state index contributed by atoms with van der Waals surface area (Å²) in [7, 11) is 1.62. The number of aromatic nitrogens is 2. The second-order valence-electron chi connectivity index (χ2n) is 4.61. The van der Waals surface area contributed by atoms with Crippen molar-refractivity contribution in [2.75, 3.05) is 19.0 Å². The summed E-state index contributed by atoms with van der Waals surface area (Å²) in [5.74, 6) is 1.42. The Labute approximate surface area is 137 Å². The van der Waals surface area contributed by atoms with Crippen molar-refractivity contribution in [3.05, 3.63) is 44.8 Å². The summed E-state index contributed by atoms with van der Waals surface area (Å²) in [6, 6.07) is 5.74. The molecule has 118 valence electrons. The predicted molar refractivity (Wildman–Crippen MR) is 88.7 cm³/mol. The first-order valence-electron chi connectivity index (χ1n) is 6.92. The lowest BCUT2D eigenvalue weighted by Gasteiger charge is -2.13. The highest BCUT2D eigenvalue weighted by atomic mass is 79.9. The molecular weight excluding hydrogens is 350 g/mol. The molecule has 0 radical (unpaired) electrons. The van der Waals surface area contributed by atoms with Crippen molar-refractivity contribution in [1.29, 1.82) is 0 Å². The van der Waals surface area contributed by atoms with E-state index in [0.717, 1.165) is 12.0 Å². The Kier molecular flexibility index (Phi) is 5.83. The van der Waals surface area contributed by atoms with Gasteiger partial charge in [-0.2, -0.15) is 5.10 Å². The third-order valence-electron chi connectivity index (χ3n) is 2.97. The number of hydrogen-bond donors (Lipinski definition) is 2. The van der Waals surface area contributed by atoms with E-state index >= 15 is 0 Å². The molecule has 0 atom stereocenters. The fraction of sp³-hybridized carbons (Fsp3) is 0.333. The van der Waals surface area contributed by atoms with Gasteiger partial charge in [-0.05, 0) is 40.0 Å². The summed E-state index contributed by atoms with van der Waals surface area (Å²) in [5.41, 5.74) is 1.38. The van der Waals surface area contributed by atoms with E-state index in [1.165, 1.54) is 0 Å². The number of benzene rings is 1. The van der Waals surface area contributed by atoms with Gasteiger partial charge in [0, 0.05) is 6.54 Å². The molecule has 0 unspecified atom stereocenters. The Morgan fingerprint density at radius 2 is 2.18 bits per heavy atom. The first kappa shape index (κ1) is 16.4. The van der Waals surface area contributed by atoms with Crippen LogP contribution in [0.2, 0.25) is 0 Å². The van der Waals surface area contributed by atoms with Crippen LogP contribution in [0.1, 0.15) is 18.9 Å². The van der Waals surface area contributed by atoms with Crippen molar-refractivity contribution >= 4 is 21.6 Å². The second-order valence-corrected chi connectivity index (χ2v) is 5.41. The molecule has 0 fully saturated rings. The minimum Gasteiger partial charge on any atom is -0.493 e. The van der Waals surface area contributed by atoms with Gasteiger partial charge in [0.05, 0.1) is 25.6 Å². The summed E-state index contributed by atoms with van der Waals surface area (Å²) >= 11 is 3.23. The van der Waals surface area contributed by atoms with Crippen LogP contribution >= 0.6 is 15.9 Å². The number of methoxy groups -OCH3 is 1. The first-order valence-corrected chi connectivity index (χ1v) is 7.71. The van der Waals surface area contributed by atoms with Gasteiger partial charge in [-0.25, -0.2) is 5.10 Å². The van der Waals surface area contributed by atoms with E-state index in [9.17, 15) is 4.79 Å². The Morgan fingerprint density at radius 3 is 2.91 bits per heavy atom. The van der Waals surface area contributed by atoms with E-state index < -0.39 is 0 Å². The number of H-pyrrole nitrogens is 1.